The van der Waals surface area contributed by atoms with Crippen molar-refractivity contribution in [2.24, 2.45) is 0 Å². The zero-order valence-corrected chi connectivity index (χ0v) is 42.7. The number of aliphatic hydroxyl groups is 5. The maximum Gasteiger partial charge on any atom is 0.220 e. The smallest absolute Gasteiger partial charge is 0.220 e. The largest absolute Gasteiger partial charge is 0.394 e. The van der Waals surface area contributed by atoms with Crippen LogP contribution in [0.15, 0.2) is 48.6 Å². The van der Waals surface area contributed by atoms with E-state index in [0.29, 0.717) is 6.42 Å². The lowest BCUT2D eigenvalue weighted by Gasteiger charge is -2.40. The molecule has 1 rings (SSSR count). The van der Waals surface area contributed by atoms with Crippen LogP contribution in [0.5, 0.6) is 0 Å². The number of nitrogens with one attached hydrogen (secondary N) is 1. The third-order valence-corrected chi connectivity index (χ3v) is 13.1. The van der Waals surface area contributed by atoms with Crippen molar-refractivity contribution in [2.45, 2.75) is 294 Å². The van der Waals surface area contributed by atoms with Gasteiger partial charge in [0.15, 0.2) is 6.29 Å². The highest BCUT2D eigenvalue weighted by Gasteiger charge is 2.44. The van der Waals surface area contributed by atoms with Crippen LogP contribution in [0.4, 0.5) is 0 Å². The lowest BCUT2D eigenvalue weighted by molar-refractivity contribution is -0.302. The summed E-state index contributed by atoms with van der Waals surface area (Å²) in [6.45, 7) is 3.75. The SMILES string of the molecule is CCCCC/C=C\C/C=C\CCCCCCCCCC(=O)NC(COC1OC(CO)C(O)C(O)C1O)C(O)/C=C/CC/C=C/CCCCCCCCCCCCCCCCCCCCCC. The summed E-state index contributed by atoms with van der Waals surface area (Å²) in [5.41, 5.74) is 0. The monoisotopic (exact) mass is 932 g/mol. The second-order valence-corrected chi connectivity index (χ2v) is 19.4. The molecule has 1 heterocycles. The fourth-order valence-corrected chi connectivity index (χ4v) is 8.67. The first-order chi connectivity index (χ1) is 32.3. The van der Waals surface area contributed by atoms with Gasteiger partial charge in [-0.25, -0.2) is 0 Å². The maximum absolute atomic E-state index is 13.0. The van der Waals surface area contributed by atoms with Gasteiger partial charge in [-0.15, -0.1) is 0 Å². The molecule has 0 aromatic heterocycles. The molecule has 0 spiro atoms. The van der Waals surface area contributed by atoms with Crippen LogP contribution in [-0.4, -0.2) is 87.5 Å². The Labute approximate surface area is 405 Å². The zero-order valence-electron chi connectivity index (χ0n) is 42.7. The van der Waals surface area contributed by atoms with Crippen LogP contribution < -0.4 is 5.32 Å². The first kappa shape index (κ1) is 62.2. The van der Waals surface area contributed by atoms with Gasteiger partial charge >= 0.3 is 0 Å². The number of allylic oxidation sites excluding steroid dienone is 7. The van der Waals surface area contributed by atoms with Gasteiger partial charge in [0.2, 0.25) is 5.91 Å². The van der Waals surface area contributed by atoms with Gasteiger partial charge < -0.3 is 40.3 Å². The van der Waals surface area contributed by atoms with E-state index in [-0.39, 0.29) is 12.5 Å². The van der Waals surface area contributed by atoms with Crippen molar-refractivity contribution in [3.63, 3.8) is 0 Å². The number of hydrogen-bond acceptors (Lipinski definition) is 8. The number of rotatable bonds is 47. The minimum atomic E-state index is -1.57. The summed E-state index contributed by atoms with van der Waals surface area (Å²) >= 11 is 0. The summed E-state index contributed by atoms with van der Waals surface area (Å²) in [7, 11) is 0. The second kappa shape index (κ2) is 46.9. The molecule has 0 radical (unpaired) electrons. The fraction of sp³-hybridized carbons (Fsp3) is 0.842. The van der Waals surface area contributed by atoms with Crippen LogP contribution in [0.1, 0.15) is 251 Å². The molecule has 0 aromatic rings. The van der Waals surface area contributed by atoms with E-state index in [1.54, 1.807) is 6.08 Å². The molecule has 0 saturated carbocycles. The molecule has 7 atom stereocenters. The van der Waals surface area contributed by atoms with Crippen LogP contribution in [0.25, 0.3) is 0 Å². The van der Waals surface area contributed by atoms with Crippen LogP contribution in [0.3, 0.4) is 0 Å². The van der Waals surface area contributed by atoms with Crippen molar-refractivity contribution in [3.05, 3.63) is 48.6 Å². The Hall–Kier alpha value is -1.85. The molecular formula is C57H105NO8. The Balaban J connectivity index is 2.26. The number of unbranched alkanes of at least 4 members (excludes halogenated alkanes) is 31. The molecule has 9 nitrogen and oxygen atoms in total. The van der Waals surface area contributed by atoms with E-state index in [0.717, 1.165) is 57.8 Å². The predicted octanol–water partition coefficient (Wildman–Crippen LogP) is 13.3. The van der Waals surface area contributed by atoms with Gasteiger partial charge in [-0.05, 0) is 64.2 Å². The Morgan fingerprint density at radius 3 is 1.39 bits per heavy atom. The molecule has 0 bridgehead atoms. The Bertz CT molecular complexity index is 1170. The Kier molecular flexibility index (Phi) is 44.1. The average molecular weight is 932 g/mol. The van der Waals surface area contributed by atoms with Crippen molar-refractivity contribution in [1.82, 2.24) is 5.32 Å². The highest BCUT2D eigenvalue weighted by Crippen LogP contribution is 2.23. The highest BCUT2D eigenvalue weighted by molar-refractivity contribution is 5.76. The zero-order chi connectivity index (χ0) is 48.0. The van der Waals surface area contributed by atoms with E-state index in [4.69, 9.17) is 9.47 Å². The van der Waals surface area contributed by atoms with Crippen molar-refractivity contribution >= 4 is 5.91 Å². The van der Waals surface area contributed by atoms with Crippen LogP contribution in [0, 0.1) is 0 Å². The number of amides is 1. The molecule has 9 heteroatoms. The highest BCUT2D eigenvalue weighted by atomic mass is 16.7. The summed E-state index contributed by atoms with van der Waals surface area (Å²) in [6.07, 6.45) is 54.6. The molecule has 0 aromatic carbocycles. The third-order valence-electron chi connectivity index (χ3n) is 13.1. The third kappa shape index (κ3) is 36.2. The number of carbonyl (C=O) groups is 1. The minimum Gasteiger partial charge on any atom is -0.394 e. The predicted molar refractivity (Wildman–Crippen MR) is 276 cm³/mol. The molecular weight excluding hydrogens is 827 g/mol. The van der Waals surface area contributed by atoms with E-state index in [2.05, 4.69) is 55.6 Å². The Morgan fingerprint density at radius 1 is 0.515 bits per heavy atom. The minimum absolute atomic E-state index is 0.194. The van der Waals surface area contributed by atoms with Gasteiger partial charge in [0.1, 0.15) is 24.4 Å². The van der Waals surface area contributed by atoms with Crippen molar-refractivity contribution < 1.29 is 39.8 Å². The average Bonchev–Trinajstić information content (AvgIpc) is 3.32. The topological polar surface area (TPSA) is 149 Å². The maximum atomic E-state index is 13.0. The molecule has 0 aliphatic carbocycles. The molecule has 1 fully saturated rings. The van der Waals surface area contributed by atoms with Crippen molar-refractivity contribution in [2.75, 3.05) is 13.2 Å². The normalized spacial score (nSPS) is 20.1. The van der Waals surface area contributed by atoms with Gasteiger partial charge in [0.25, 0.3) is 0 Å². The first-order valence-corrected chi connectivity index (χ1v) is 27.9. The van der Waals surface area contributed by atoms with Crippen LogP contribution in [-0.2, 0) is 14.3 Å². The van der Waals surface area contributed by atoms with Crippen LogP contribution >= 0.6 is 0 Å². The lowest BCUT2D eigenvalue weighted by Crippen LogP contribution is -2.60. The van der Waals surface area contributed by atoms with Gasteiger partial charge in [-0.3, -0.25) is 4.79 Å². The van der Waals surface area contributed by atoms with Gasteiger partial charge in [0, 0.05) is 6.42 Å². The standard InChI is InChI=1S/C57H105NO8/c1-3-5-7-9-11-13-15-17-19-21-22-23-24-25-26-27-28-29-31-32-34-36-38-40-42-44-46-51(60)50(49-65-57-56(64)55(63)54(62)52(48-59)66-57)58-53(61)47-45-43-41-39-37-35-33-30-20-18-16-14-12-10-8-6-4-2/h12,14,18,20,36,38,44,46,50-52,54-57,59-60,62-64H,3-11,13,15-17,19,21-35,37,39-43,45,47-49H2,1-2H3,(H,58,61)/b14-12-,20-18-,38-36+,46-44+. The molecule has 6 N–H and O–H groups in total. The van der Waals surface area contributed by atoms with Gasteiger partial charge in [-0.1, -0.05) is 229 Å². The summed E-state index contributed by atoms with van der Waals surface area (Å²) in [5.74, 6) is -0.194. The first-order valence-electron chi connectivity index (χ1n) is 27.9. The number of aliphatic hydroxyl groups excluding tert-OH is 5. The summed E-state index contributed by atoms with van der Waals surface area (Å²) in [6, 6.07) is -0.827. The number of ether oxygens (including phenoxy) is 2. The van der Waals surface area contributed by atoms with Gasteiger partial charge in [0.05, 0.1) is 25.4 Å². The van der Waals surface area contributed by atoms with E-state index in [9.17, 15) is 30.3 Å². The number of carbonyl (C=O) groups excluding carboxylic acids is 1. The molecule has 1 saturated heterocycles. The molecule has 1 aliphatic rings. The Morgan fingerprint density at radius 2 is 0.909 bits per heavy atom. The van der Waals surface area contributed by atoms with E-state index in [1.807, 2.05) is 6.08 Å². The van der Waals surface area contributed by atoms with E-state index >= 15 is 0 Å². The van der Waals surface area contributed by atoms with Crippen LogP contribution in [0.2, 0.25) is 0 Å². The van der Waals surface area contributed by atoms with E-state index < -0.39 is 49.5 Å². The second-order valence-electron chi connectivity index (χ2n) is 19.4. The fourth-order valence-electron chi connectivity index (χ4n) is 8.67. The molecule has 7 unspecified atom stereocenters. The quantitative estimate of drug-likeness (QED) is 0.0261. The lowest BCUT2D eigenvalue weighted by atomic mass is 9.99. The van der Waals surface area contributed by atoms with Crippen molar-refractivity contribution in [3.8, 4) is 0 Å². The number of hydrogen-bond donors (Lipinski definition) is 6. The summed E-state index contributed by atoms with van der Waals surface area (Å²) in [5, 5.41) is 54.4. The summed E-state index contributed by atoms with van der Waals surface area (Å²) in [4.78, 5) is 13.0. The molecule has 1 amide bonds. The van der Waals surface area contributed by atoms with Crippen molar-refractivity contribution in [1.29, 1.82) is 0 Å². The summed E-state index contributed by atoms with van der Waals surface area (Å²) < 4.78 is 11.2. The van der Waals surface area contributed by atoms with Gasteiger partial charge in [-0.2, -0.15) is 0 Å². The van der Waals surface area contributed by atoms with E-state index in [1.165, 1.54) is 173 Å². The molecule has 1 aliphatic heterocycles. The molecule has 66 heavy (non-hydrogen) atoms. The molecule has 386 valence electrons.